The molecule has 3 heteroatoms. The van der Waals surface area contributed by atoms with Crippen LogP contribution < -0.4 is 0 Å². The van der Waals surface area contributed by atoms with E-state index in [1.165, 1.54) is 5.57 Å². The van der Waals surface area contributed by atoms with Crippen LogP contribution in [0.3, 0.4) is 0 Å². The molecular formula is C19H26O3. The van der Waals surface area contributed by atoms with Crippen LogP contribution in [0, 0.1) is 28.6 Å². The van der Waals surface area contributed by atoms with Crippen LogP contribution in [0.4, 0.5) is 0 Å². The van der Waals surface area contributed by atoms with Gasteiger partial charge in [-0.3, -0.25) is 9.59 Å². The monoisotopic (exact) mass is 302 g/mol. The van der Waals surface area contributed by atoms with E-state index in [0.29, 0.717) is 36.9 Å². The van der Waals surface area contributed by atoms with Crippen molar-refractivity contribution in [3.8, 4) is 0 Å². The van der Waals surface area contributed by atoms with Gasteiger partial charge in [0.25, 0.3) is 0 Å². The van der Waals surface area contributed by atoms with Crippen molar-refractivity contribution in [2.45, 2.75) is 64.9 Å². The summed E-state index contributed by atoms with van der Waals surface area (Å²) in [6.07, 6.45) is 7.24. The number of hydrogen-bond acceptors (Lipinski definition) is 3. The van der Waals surface area contributed by atoms with Gasteiger partial charge in [-0.1, -0.05) is 19.4 Å². The van der Waals surface area contributed by atoms with E-state index in [1.807, 2.05) is 6.08 Å². The summed E-state index contributed by atoms with van der Waals surface area (Å²) >= 11 is 0. The first-order valence-corrected chi connectivity index (χ1v) is 8.81. The highest BCUT2D eigenvalue weighted by atomic mass is 16.3. The fourth-order valence-electron chi connectivity index (χ4n) is 6.46. The Morgan fingerprint density at radius 3 is 2.64 bits per heavy atom. The van der Waals surface area contributed by atoms with Crippen LogP contribution in [-0.4, -0.2) is 22.8 Å². The van der Waals surface area contributed by atoms with Gasteiger partial charge in [0, 0.05) is 18.3 Å². The Morgan fingerprint density at radius 2 is 1.86 bits per heavy atom. The molecular weight excluding hydrogens is 276 g/mol. The SMILES string of the molecule is C[C@]12CCC(=O)C=C1CC[C@@H]1C2[C@@H](O)C[C@]2(C)C(=O)CCC12. The zero-order valence-corrected chi connectivity index (χ0v) is 13.6. The van der Waals surface area contributed by atoms with Crippen molar-refractivity contribution in [3.63, 3.8) is 0 Å². The summed E-state index contributed by atoms with van der Waals surface area (Å²) in [5, 5.41) is 10.9. The smallest absolute Gasteiger partial charge is 0.155 e. The number of aliphatic hydroxyl groups excluding tert-OH is 1. The van der Waals surface area contributed by atoms with E-state index >= 15 is 0 Å². The predicted octanol–water partition coefficient (Wildman–Crippen LogP) is 3.06. The Morgan fingerprint density at radius 1 is 1.09 bits per heavy atom. The van der Waals surface area contributed by atoms with E-state index in [-0.39, 0.29) is 22.5 Å². The molecule has 3 saturated carbocycles. The molecule has 4 aliphatic carbocycles. The van der Waals surface area contributed by atoms with Crippen molar-refractivity contribution in [2.75, 3.05) is 0 Å². The van der Waals surface area contributed by atoms with Crippen LogP contribution in [0.2, 0.25) is 0 Å². The summed E-state index contributed by atoms with van der Waals surface area (Å²) in [5.41, 5.74) is 0.920. The van der Waals surface area contributed by atoms with Crippen LogP contribution in [-0.2, 0) is 9.59 Å². The molecule has 0 aromatic rings. The Hall–Kier alpha value is -0.960. The molecule has 3 fully saturated rings. The van der Waals surface area contributed by atoms with Crippen molar-refractivity contribution >= 4 is 11.6 Å². The quantitative estimate of drug-likeness (QED) is 0.748. The summed E-state index contributed by atoms with van der Waals surface area (Å²) < 4.78 is 0. The minimum absolute atomic E-state index is 0.0385. The van der Waals surface area contributed by atoms with E-state index in [2.05, 4.69) is 13.8 Å². The number of aliphatic hydroxyl groups is 1. The Kier molecular flexibility index (Phi) is 3.01. The van der Waals surface area contributed by atoms with Gasteiger partial charge in [-0.25, -0.2) is 0 Å². The molecule has 0 aliphatic heterocycles. The molecule has 2 unspecified atom stereocenters. The molecule has 4 aliphatic rings. The van der Waals surface area contributed by atoms with Crippen LogP contribution in [0.5, 0.6) is 0 Å². The number of ketones is 2. The van der Waals surface area contributed by atoms with Gasteiger partial charge < -0.3 is 5.11 Å². The van der Waals surface area contributed by atoms with Gasteiger partial charge in [-0.05, 0) is 61.3 Å². The molecule has 4 rings (SSSR count). The summed E-state index contributed by atoms with van der Waals surface area (Å²) in [6, 6.07) is 0. The summed E-state index contributed by atoms with van der Waals surface area (Å²) in [5.74, 6) is 1.71. The lowest BCUT2D eigenvalue weighted by atomic mass is 9.46. The lowest BCUT2D eigenvalue weighted by Gasteiger charge is -2.58. The zero-order chi connectivity index (χ0) is 15.7. The average molecular weight is 302 g/mol. The minimum atomic E-state index is -0.407. The molecule has 120 valence electrons. The highest BCUT2D eigenvalue weighted by Crippen LogP contribution is 2.64. The Labute approximate surface area is 132 Å². The second-order valence-corrected chi connectivity index (χ2v) is 8.54. The normalized spacial score (nSPS) is 51.0. The first kappa shape index (κ1) is 14.6. The Bertz CT molecular complexity index is 577. The first-order chi connectivity index (χ1) is 10.4. The topological polar surface area (TPSA) is 54.4 Å². The molecule has 22 heavy (non-hydrogen) atoms. The number of hydrogen-bond donors (Lipinski definition) is 1. The maximum absolute atomic E-state index is 12.4. The summed E-state index contributed by atoms with van der Waals surface area (Å²) in [7, 11) is 0. The molecule has 0 radical (unpaired) electrons. The van der Waals surface area contributed by atoms with Gasteiger partial charge in [0.1, 0.15) is 5.78 Å². The minimum Gasteiger partial charge on any atom is -0.393 e. The van der Waals surface area contributed by atoms with Gasteiger partial charge in [0.15, 0.2) is 5.78 Å². The van der Waals surface area contributed by atoms with Crippen molar-refractivity contribution in [1.29, 1.82) is 0 Å². The molecule has 0 heterocycles. The average Bonchev–Trinajstić information content (AvgIpc) is 2.75. The van der Waals surface area contributed by atoms with Gasteiger partial charge in [0.2, 0.25) is 0 Å². The number of Topliss-reactive ketones (excluding diaryl/α,β-unsaturated/α-hetero) is 1. The van der Waals surface area contributed by atoms with E-state index < -0.39 is 6.10 Å². The number of rotatable bonds is 0. The largest absolute Gasteiger partial charge is 0.393 e. The highest BCUT2D eigenvalue weighted by Gasteiger charge is 2.61. The fourth-order valence-corrected chi connectivity index (χ4v) is 6.46. The van der Waals surface area contributed by atoms with Crippen LogP contribution in [0.25, 0.3) is 0 Å². The number of carbonyl (C=O) groups is 2. The van der Waals surface area contributed by atoms with Gasteiger partial charge in [0.05, 0.1) is 6.10 Å². The molecule has 0 aromatic carbocycles. The third-order valence-corrected chi connectivity index (χ3v) is 7.61. The molecule has 3 nitrogen and oxygen atoms in total. The van der Waals surface area contributed by atoms with Gasteiger partial charge >= 0.3 is 0 Å². The molecule has 0 aromatic heterocycles. The lowest BCUT2D eigenvalue weighted by Crippen LogP contribution is -2.56. The maximum Gasteiger partial charge on any atom is 0.155 e. The first-order valence-electron chi connectivity index (χ1n) is 8.81. The number of carbonyl (C=O) groups excluding carboxylic acids is 2. The third kappa shape index (κ3) is 1.72. The standard InChI is InChI=1S/C19H26O3/c1-18-8-7-12(20)9-11(18)3-4-13-14-5-6-16(22)19(14,2)10-15(21)17(13)18/h9,13-15,17,21H,3-8,10H2,1-2H3/t13-,14?,15-,17?,18-,19-/m0/s1. The molecule has 6 atom stereocenters. The predicted molar refractivity (Wildman–Crippen MR) is 83.1 cm³/mol. The van der Waals surface area contributed by atoms with E-state index in [9.17, 15) is 14.7 Å². The fraction of sp³-hybridized carbons (Fsp3) is 0.789. The van der Waals surface area contributed by atoms with Crippen molar-refractivity contribution in [3.05, 3.63) is 11.6 Å². The van der Waals surface area contributed by atoms with Gasteiger partial charge in [-0.2, -0.15) is 0 Å². The maximum atomic E-state index is 12.4. The second-order valence-electron chi connectivity index (χ2n) is 8.54. The van der Waals surface area contributed by atoms with E-state index in [0.717, 1.165) is 25.7 Å². The summed E-state index contributed by atoms with van der Waals surface area (Å²) in [6.45, 7) is 4.34. The lowest BCUT2D eigenvalue weighted by molar-refractivity contribution is -0.147. The van der Waals surface area contributed by atoms with E-state index in [4.69, 9.17) is 0 Å². The third-order valence-electron chi connectivity index (χ3n) is 7.61. The van der Waals surface area contributed by atoms with Crippen molar-refractivity contribution in [1.82, 2.24) is 0 Å². The van der Waals surface area contributed by atoms with E-state index in [1.54, 1.807) is 0 Å². The Balaban J connectivity index is 1.75. The molecule has 1 N–H and O–H groups in total. The van der Waals surface area contributed by atoms with Crippen LogP contribution in [0.1, 0.15) is 58.8 Å². The molecule has 0 spiro atoms. The second kappa shape index (κ2) is 4.53. The van der Waals surface area contributed by atoms with Gasteiger partial charge in [-0.15, -0.1) is 0 Å². The van der Waals surface area contributed by atoms with Crippen LogP contribution in [0.15, 0.2) is 11.6 Å². The number of allylic oxidation sites excluding steroid dienone is 1. The molecule has 0 amide bonds. The van der Waals surface area contributed by atoms with Crippen molar-refractivity contribution < 1.29 is 14.7 Å². The molecule has 0 bridgehead atoms. The zero-order valence-electron chi connectivity index (χ0n) is 13.6. The number of fused-ring (bicyclic) bond motifs is 5. The summed E-state index contributed by atoms with van der Waals surface area (Å²) in [4.78, 5) is 24.2. The molecule has 0 saturated heterocycles. The van der Waals surface area contributed by atoms with Crippen LogP contribution >= 0.6 is 0 Å². The highest BCUT2D eigenvalue weighted by molar-refractivity contribution is 5.91. The van der Waals surface area contributed by atoms with Crippen molar-refractivity contribution in [2.24, 2.45) is 28.6 Å².